The molecule has 3 atom stereocenters. The summed E-state index contributed by atoms with van der Waals surface area (Å²) < 4.78 is 15.3. The van der Waals surface area contributed by atoms with Gasteiger partial charge in [0.1, 0.15) is 14.9 Å². The maximum Gasteiger partial charge on any atom is 0.322 e. The number of nitrogens with zero attached hydrogens (tertiary/aromatic N) is 1. The minimum atomic E-state index is -1.13. The zero-order valence-corrected chi connectivity index (χ0v) is 23.9. The fourth-order valence-corrected chi connectivity index (χ4v) is 6.63. The summed E-state index contributed by atoms with van der Waals surface area (Å²) in [5.74, 6) is -1.59. The molecule has 1 aromatic rings. The van der Waals surface area contributed by atoms with E-state index in [2.05, 4.69) is 0 Å². The van der Waals surface area contributed by atoms with Crippen molar-refractivity contribution in [2.45, 2.75) is 44.3 Å². The summed E-state index contributed by atoms with van der Waals surface area (Å²) in [4.78, 5) is 40.9. The van der Waals surface area contributed by atoms with Crippen LogP contribution in [0.2, 0.25) is 0 Å². The zero-order chi connectivity index (χ0) is 26.4. The quantitative estimate of drug-likeness (QED) is 0.191. The summed E-state index contributed by atoms with van der Waals surface area (Å²) in [5.41, 5.74) is 0.761. The predicted molar refractivity (Wildman–Crippen MR) is 147 cm³/mol. The molecule has 0 saturated carbocycles. The molecule has 0 aliphatic carbocycles. The van der Waals surface area contributed by atoms with Crippen LogP contribution in [0.1, 0.15) is 45.1 Å². The highest BCUT2D eigenvalue weighted by Gasteiger charge is 2.43. The van der Waals surface area contributed by atoms with Crippen LogP contribution in [0.15, 0.2) is 30.3 Å². The minimum Gasteiger partial charge on any atom is -0.466 e. The van der Waals surface area contributed by atoms with Crippen molar-refractivity contribution in [3.05, 3.63) is 35.9 Å². The largest absolute Gasteiger partial charge is 0.466 e. The fraction of sp³-hybridized carbons (Fsp3) is 0.600. The van der Waals surface area contributed by atoms with Crippen LogP contribution in [0, 0.1) is 5.92 Å². The third-order valence-electron chi connectivity index (χ3n) is 5.24. The highest BCUT2D eigenvalue weighted by Crippen LogP contribution is 2.40. The predicted octanol–water partition coefficient (Wildman–Crippen LogP) is 4.54. The van der Waals surface area contributed by atoms with Gasteiger partial charge in [-0.25, -0.2) is 0 Å². The number of benzene rings is 1. The van der Waals surface area contributed by atoms with Crippen molar-refractivity contribution in [1.82, 2.24) is 4.90 Å². The topological polar surface area (TPSA) is 82.1 Å². The first-order chi connectivity index (χ1) is 16.6. The molecular formula is C25H37NO6S3. The molecule has 3 unspecified atom stereocenters. The van der Waals surface area contributed by atoms with Crippen molar-refractivity contribution >= 4 is 57.1 Å². The second-order valence-corrected chi connectivity index (χ2v) is 12.2. The number of esters is 2. The molecular weight excluding hydrogens is 506 g/mol. The molecule has 0 bridgehead atoms. The van der Waals surface area contributed by atoms with Crippen LogP contribution in [0.3, 0.4) is 0 Å². The maximum absolute atomic E-state index is 13.3. The molecule has 0 spiro atoms. The molecule has 35 heavy (non-hydrogen) atoms. The Morgan fingerprint density at radius 2 is 1.74 bits per heavy atom. The molecule has 0 radical (unpaired) electrons. The third kappa shape index (κ3) is 10.5. The van der Waals surface area contributed by atoms with Gasteiger partial charge in [-0.3, -0.25) is 14.4 Å². The van der Waals surface area contributed by atoms with Crippen molar-refractivity contribution in [3.63, 3.8) is 0 Å². The molecule has 0 heterocycles. The number of carbonyl (C=O) groups is 3. The number of thioether (sulfide) groups is 2. The molecule has 0 aromatic heterocycles. The van der Waals surface area contributed by atoms with Gasteiger partial charge in [-0.2, -0.15) is 0 Å². The van der Waals surface area contributed by atoms with Crippen LogP contribution < -0.4 is 0 Å². The van der Waals surface area contributed by atoms with Gasteiger partial charge in [-0.15, -0.1) is 11.8 Å². The van der Waals surface area contributed by atoms with E-state index in [1.165, 1.54) is 35.5 Å². The average molecular weight is 544 g/mol. The normalized spacial score (nSPS) is 14.3. The molecule has 7 nitrogen and oxygen atoms in total. The Bertz CT molecular complexity index is 836. The highest BCUT2D eigenvalue weighted by molar-refractivity contribution is 8.47. The molecule has 0 fully saturated rings. The van der Waals surface area contributed by atoms with Gasteiger partial charge in [-0.1, -0.05) is 61.2 Å². The van der Waals surface area contributed by atoms with Gasteiger partial charge < -0.3 is 19.1 Å². The Labute approximate surface area is 223 Å². The number of ether oxygens (including phenoxy) is 3. The monoisotopic (exact) mass is 543 g/mol. The van der Waals surface area contributed by atoms with Gasteiger partial charge in [-0.05, 0) is 38.0 Å². The van der Waals surface area contributed by atoms with Gasteiger partial charge in [0, 0.05) is 27.1 Å². The van der Waals surface area contributed by atoms with E-state index >= 15 is 0 Å². The summed E-state index contributed by atoms with van der Waals surface area (Å²) in [6, 6.07) is 9.25. The fourth-order valence-electron chi connectivity index (χ4n) is 3.56. The molecule has 0 N–H and O–H groups in total. The van der Waals surface area contributed by atoms with Crippen LogP contribution >= 0.6 is 35.7 Å². The summed E-state index contributed by atoms with van der Waals surface area (Å²) in [7, 11) is 4.85. The van der Waals surface area contributed by atoms with Crippen LogP contribution in [0.4, 0.5) is 0 Å². The number of hydrogen-bond acceptors (Lipinski definition) is 9. The van der Waals surface area contributed by atoms with E-state index in [9.17, 15) is 14.4 Å². The molecule has 0 aliphatic rings. The third-order valence-corrected chi connectivity index (χ3v) is 7.92. The Kier molecular flexibility index (Phi) is 14.5. The molecule has 0 aliphatic heterocycles. The summed E-state index contributed by atoms with van der Waals surface area (Å²) in [6.07, 6.45) is 0.336. The van der Waals surface area contributed by atoms with E-state index in [4.69, 9.17) is 26.4 Å². The van der Waals surface area contributed by atoms with Crippen molar-refractivity contribution in [3.8, 4) is 0 Å². The van der Waals surface area contributed by atoms with Crippen molar-refractivity contribution in [1.29, 1.82) is 0 Å². The lowest BCUT2D eigenvalue weighted by Crippen LogP contribution is -2.42. The molecule has 10 heteroatoms. The lowest BCUT2D eigenvalue weighted by atomic mass is 9.83. The van der Waals surface area contributed by atoms with Gasteiger partial charge in [0.15, 0.2) is 0 Å². The van der Waals surface area contributed by atoms with Gasteiger partial charge in [0.2, 0.25) is 5.91 Å². The van der Waals surface area contributed by atoms with E-state index in [1.807, 2.05) is 37.3 Å². The molecule has 1 amide bonds. The molecule has 196 valence electrons. The maximum atomic E-state index is 13.3. The summed E-state index contributed by atoms with van der Waals surface area (Å²) >= 11 is 8.18. The van der Waals surface area contributed by atoms with Crippen molar-refractivity contribution in [2.24, 2.45) is 5.92 Å². The number of thiocarbonyl (C=S) groups is 1. The second kappa shape index (κ2) is 16.2. The number of amides is 1. The van der Waals surface area contributed by atoms with Crippen LogP contribution in [-0.4, -0.2) is 77.8 Å². The average Bonchev–Trinajstić information content (AvgIpc) is 2.82. The van der Waals surface area contributed by atoms with E-state index < -0.39 is 28.5 Å². The Morgan fingerprint density at radius 1 is 1.09 bits per heavy atom. The Balaban J connectivity index is 3.36. The minimum absolute atomic E-state index is 0.0981. The van der Waals surface area contributed by atoms with Gasteiger partial charge in [0.25, 0.3) is 0 Å². The zero-order valence-electron chi connectivity index (χ0n) is 21.4. The first kappa shape index (κ1) is 31.4. The van der Waals surface area contributed by atoms with Gasteiger partial charge in [0.05, 0.1) is 19.1 Å². The summed E-state index contributed by atoms with van der Waals surface area (Å²) in [5, 5.41) is 0. The highest BCUT2D eigenvalue weighted by atomic mass is 32.2. The number of carbonyl (C=O) groups excluding carboxylic acids is 3. The van der Waals surface area contributed by atoms with E-state index in [1.54, 1.807) is 27.9 Å². The van der Waals surface area contributed by atoms with E-state index in [0.717, 1.165) is 11.3 Å². The van der Waals surface area contributed by atoms with Crippen LogP contribution in [-0.2, 0) is 28.6 Å². The molecule has 1 rings (SSSR count). The lowest BCUT2D eigenvalue weighted by molar-refractivity contribution is -0.148. The van der Waals surface area contributed by atoms with Crippen molar-refractivity contribution in [2.75, 3.05) is 46.8 Å². The Morgan fingerprint density at radius 3 is 2.29 bits per heavy atom. The lowest BCUT2D eigenvalue weighted by Gasteiger charge is -2.32. The summed E-state index contributed by atoms with van der Waals surface area (Å²) in [6.45, 7) is 6.07. The first-order valence-corrected chi connectivity index (χ1v) is 13.7. The molecule has 1 aromatic carbocycles. The second-order valence-electron chi connectivity index (χ2n) is 8.23. The number of methoxy groups -OCH3 is 1. The van der Waals surface area contributed by atoms with Crippen LogP contribution in [0.25, 0.3) is 0 Å². The smallest absolute Gasteiger partial charge is 0.322 e. The SMILES string of the molecule is CCOC(=O)C(CC(CC(C)(SC(=S)SCC)C(=O)OCCOC)C(=O)N(C)C)c1ccccc1. The van der Waals surface area contributed by atoms with Crippen LogP contribution in [0.5, 0.6) is 0 Å². The molecule has 0 saturated heterocycles. The van der Waals surface area contributed by atoms with E-state index in [-0.39, 0.29) is 38.6 Å². The van der Waals surface area contributed by atoms with Crippen molar-refractivity contribution < 1.29 is 28.6 Å². The first-order valence-electron chi connectivity index (χ1n) is 11.5. The number of hydrogen-bond donors (Lipinski definition) is 0. The van der Waals surface area contributed by atoms with Gasteiger partial charge >= 0.3 is 11.9 Å². The van der Waals surface area contributed by atoms with E-state index in [0.29, 0.717) is 3.53 Å². The standard InChI is InChI=1S/C25H37NO6S3/c1-7-31-22(28)20(18-12-10-9-11-13-18)16-19(21(27)26(4)5)17-25(3,35-24(33)34-8-2)23(29)32-15-14-30-6/h9-13,19-20H,7-8,14-17H2,1-6H3. The Hall–Kier alpha value is -1.62. The number of rotatable bonds is 14.